The van der Waals surface area contributed by atoms with Gasteiger partial charge >= 0.3 is 6.18 Å². The van der Waals surface area contributed by atoms with Crippen LogP contribution in [0.5, 0.6) is 0 Å². The Morgan fingerprint density at radius 3 is 2.90 bits per heavy atom. The molecule has 1 aliphatic rings. The molecule has 7 heteroatoms. The lowest BCUT2D eigenvalue weighted by Crippen LogP contribution is -2.46. The molecule has 0 amide bonds. The minimum atomic E-state index is -4.58. The molecule has 0 saturated carbocycles. The van der Waals surface area contributed by atoms with Gasteiger partial charge in [0.2, 0.25) is 0 Å². The molecule has 0 aliphatic carbocycles. The van der Waals surface area contributed by atoms with Crippen LogP contribution in [0, 0.1) is 0 Å². The van der Waals surface area contributed by atoms with Crippen molar-refractivity contribution in [2.45, 2.75) is 37.7 Å². The van der Waals surface area contributed by atoms with Crippen molar-refractivity contribution in [3.63, 3.8) is 0 Å². The number of pyridine rings is 1. The molecule has 2 aromatic heterocycles. The Morgan fingerprint density at radius 1 is 1.38 bits per heavy atom. The standard InChI is InChI=1S/C14H16F3N3O/c15-14(16,17)13(21)11-4-3-7-19(11)8-10-9-20-6-2-1-5-12(20)18-10/h1-2,5-6,9,11,13,21H,3-4,7-8H2/t11-,13-/m0/s1. The summed E-state index contributed by atoms with van der Waals surface area (Å²) in [6.07, 6.45) is -2.20. The van der Waals surface area contributed by atoms with Crippen molar-refractivity contribution >= 4 is 5.65 Å². The lowest BCUT2D eigenvalue weighted by molar-refractivity contribution is -0.219. The molecule has 1 saturated heterocycles. The number of imidazole rings is 1. The van der Waals surface area contributed by atoms with Gasteiger partial charge in [0.1, 0.15) is 5.65 Å². The first-order valence-electron chi connectivity index (χ1n) is 6.86. The van der Waals surface area contributed by atoms with Gasteiger partial charge in [0, 0.05) is 25.0 Å². The van der Waals surface area contributed by atoms with Gasteiger partial charge in [-0.15, -0.1) is 0 Å². The Morgan fingerprint density at radius 2 is 2.19 bits per heavy atom. The number of likely N-dealkylation sites (tertiary alicyclic amines) is 1. The van der Waals surface area contributed by atoms with E-state index < -0.39 is 18.3 Å². The number of rotatable bonds is 3. The summed E-state index contributed by atoms with van der Waals surface area (Å²) in [4.78, 5) is 6.06. The van der Waals surface area contributed by atoms with Gasteiger partial charge in [-0.1, -0.05) is 6.07 Å². The Balaban J connectivity index is 1.77. The molecule has 3 heterocycles. The lowest BCUT2D eigenvalue weighted by atomic mass is 10.1. The second-order valence-electron chi connectivity index (χ2n) is 5.36. The molecule has 0 bridgehead atoms. The van der Waals surface area contributed by atoms with E-state index in [1.807, 2.05) is 35.0 Å². The van der Waals surface area contributed by atoms with Crippen LogP contribution in [-0.2, 0) is 6.54 Å². The molecule has 0 radical (unpaired) electrons. The molecule has 1 aliphatic heterocycles. The van der Waals surface area contributed by atoms with Gasteiger partial charge in [0.15, 0.2) is 6.10 Å². The second kappa shape index (κ2) is 5.31. The number of alkyl halides is 3. The van der Waals surface area contributed by atoms with Crippen molar-refractivity contribution in [3.05, 3.63) is 36.3 Å². The van der Waals surface area contributed by atoms with E-state index in [-0.39, 0.29) is 0 Å². The van der Waals surface area contributed by atoms with E-state index in [4.69, 9.17) is 0 Å². The third-order valence-corrected chi connectivity index (χ3v) is 3.89. The molecule has 1 N–H and O–H groups in total. The Kier molecular flexibility index (Phi) is 3.62. The lowest BCUT2D eigenvalue weighted by Gasteiger charge is -2.29. The highest BCUT2D eigenvalue weighted by Crippen LogP contribution is 2.31. The van der Waals surface area contributed by atoms with Crippen LogP contribution in [0.25, 0.3) is 5.65 Å². The number of fused-ring (bicyclic) bond motifs is 1. The molecule has 1 fully saturated rings. The second-order valence-corrected chi connectivity index (χ2v) is 5.36. The maximum atomic E-state index is 12.7. The SMILES string of the molecule is O[C@@H]([C@@H]1CCCN1Cc1cn2ccccc2n1)C(F)(F)F. The van der Waals surface area contributed by atoms with Crippen LogP contribution < -0.4 is 0 Å². The van der Waals surface area contributed by atoms with Crippen molar-refractivity contribution in [2.75, 3.05) is 6.54 Å². The number of hydrogen-bond acceptors (Lipinski definition) is 3. The topological polar surface area (TPSA) is 40.8 Å². The van der Waals surface area contributed by atoms with Crippen LogP contribution in [0.3, 0.4) is 0 Å². The fourth-order valence-corrected chi connectivity index (χ4v) is 2.90. The summed E-state index contributed by atoms with van der Waals surface area (Å²) < 4.78 is 39.9. The van der Waals surface area contributed by atoms with Crippen LogP contribution in [-0.4, -0.2) is 44.3 Å². The van der Waals surface area contributed by atoms with Gasteiger partial charge < -0.3 is 9.51 Å². The molecule has 0 spiro atoms. The molecular formula is C14H16F3N3O. The first-order chi connectivity index (χ1) is 9.95. The minimum absolute atomic E-state index is 0.319. The summed E-state index contributed by atoms with van der Waals surface area (Å²) in [6, 6.07) is 4.69. The van der Waals surface area contributed by atoms with Crippen molar-refractivity contribution in [3.8, 4) is 0 Å². The summed E-state index contributed by atoms with van der Waals surface area (Å²) >= 11 is 0. The average molecular weight is 299 g/mol. The average Bonchev–Trinajstić information content (AvgIpc) is 3.02. The first kappa shape index (κ1) is 14.3. The number of aliphatic hydroxyl groups excluding tert-OH is 1. The highest BCUT2D eigenvalue weighted by molar-refractivity contribution is 5.39. The van der Waals surface area contributed by atoms with Crippen LogP contribution in [0.15, 0.2) is 30.6 Å². The molecule has 3 rings (SSSR count). The van der Waals surface area contributed by atoms with Crippen LogP contribution in [0.2, 0.25) is 0 Å². The Bertz CT molecular complexity index is 592. The highest BCUT2D eigenvalue weighted by Gasteiger charge is 2.46. The fraction of sp³-hybridized carbons (Fsp3) is 0.500. The maximum absolute atomic E-state index is 12.7. The minimum Gasteiger partial charge on any atom is -0.382 e. The van der Waals surface area contributed by atoms with Gasteiger partial charge in [0.05, 0.1) is 5.69 Å². The number of hydrogen-bond donors (Lipinski definition) is 1. The molecule has 114 valence electrons. The zero-order valence-corrected chi connectivity index (χ0v) is 11.3. The van der Waals surface area contributed by atoms with Gasteiger partial charge in [-0.25, -0.2) is 4.98 Å². The van der Waals surface area contributed by atoms with Crippen LogP contribution in [0.4, 0.5) is 13.2 Å². The van der Waals surface area contributed by atoms with Crippen molar-refractivity contribution in [2.24, 2.45) is 0 Å². The van der Waals surface area contributed by atoms with Gasteiger partial charge in [-0.2, -0.15) is 13.2 Å². The third kappa shape index (κ3) is 2.89. The van der Waals surface area contributed by atoms with Crippen molar-refractivity contribution in [1.29, 1.82) is 0 Å². The summed E-state index contributed by atoms with van der Waals surface area (Å²) in [5.41, 5.74) is 1.47. The van der Waals surface area contributed by atoms with E-state index in [1.165, 1.54) is 0 Å². The molecule has 4 nitrogen and oxygen atoms in total. The van der Waals surface area contributed by atoms with E-state index in [1.54, 1.807) is 4.90 Å². The zero-order valence-electron chi connectivity index (χ0n) is 11.3. The molecular weight excluding hydrogens is 283 g/mol. The highest BCUT2D eigenvalue weighted by atomic mass is 19.4. The monoisotopic (exact) mass is 299 g/mol. The Labute approximate surface area is 119 Å². The van der Waals surface area contributed by atoms with E-state index >= 15 is 0 Å². The van der Waals surface area contributed by atoms with Gasteiger partial charge in [-0.3, -0.25) is 4.90 Å². The summed E-state index contributed by atoms with van der Waals surface area (Å²) in [5, 5.41) is 9.48. The largest absolute Gasteiger partial charge is 0.415 e. The predicted molar refractivity (Wildman–Crippen MR) is 70.7 cm³/mol. The molecule has 0 aromatic carbocycles. The molecule has 2 aromatic rings. The van der Waals surface area contributed by atoms with E-state index in [2.05, 4.69) is 4.98 Å². The summed E-state index contributed by atoms with van der Waals surface area (Å²) in [7, 11) is 0. The van der Waals surface area contributed by atoms with Crippen LogP contribution >= 0.6 is 0 Å². The van der Waals surface area contributed by atoms with Crippen molar-refractivity contribution in [1.82, 2.24) is 14.3 Å². The van der Waals surface area contributed by atoms with Crippen molar-refractivity contribution < 1.29 is 18.3 Å². The number of halogens is 3. The molecule has 21 heavy (non-hydrogen) atoms. The number of aliphatic hydroxyl groups is 1. The zero-order chi connectivity index (χ0) is 15.0. The predicted octanol–water partition coefficient (Wildman–Crippen LogP) is 2.22. The van der Waals surface area contributed by atoms with E-state index in [0.717, 1.165) is 5.65 Å². The smallest absolute Gasteiger partial charge is 0.382 e. The first-order valence-corrected chi connectivity index (χ1v) is 6.86. The van der Waals surface area contributed by atoms with E-state index in [9.17, 15) is 18.3 Å². The van der Waals surface area contributed by atoms with Gasteiger partial charge in [-0.05, 0) is 31.5 Å². The fourth-order valence-electron chi connectivity index (χ4n) is 2.90. The molecule has 2 atom stereocenters. The normalized spacial score (nSPS) is 22.0. The summed E-state index contributed by atoms with van der Waals surface area (Å²) in [6.45, 7) is 0.866. The third-order valence-electron chi connectivity index (χ3n) is 3.89. The Hall–Kier alpha value is -1.60. The molecule has 0 unspecified atom stereocenters. The maximum Gasteiger partial charge on any atom is 0.415 e. The summed E-state index contributed by atoms with van der Waals surface area (Å²) in [5.74, 6) is 0. The van der Waals surface area contributed by atoms with E-state index in [0.29, 0.717) is 31.6 Å². The number of aromatic nitrogens is 2. The van der Waals surface area contributed by atoms with Gasteiger partial charge in [0.25, 0.3) is 0 Å². The number of nitrogens with zero attached hydrogens (tertiary/aromatic N) is 3. The quantitative estimate of drug-likeness (QED) is 0.945. The van der Waals surface area contributed by atoms with Crippen LogP contribution in [0.1, 0.15) is 18.5 Å².